The number of benzene rings is 1. The van der Waals surface area contributed by atoms with Gasteiger partial charge in [-0.25, -0.2) is 12.8 Å². The number of hydrogen-bond donors (Lipinski definition) is 1. The highest BCUT2D eigenvalue weighted by Gasteiger charge is 2.13. The number of sulfone groups is 1. The second-order valence-electron chi connectivity index (χ2n) is 3.49. The Hall–Kier alpha value is -0.950. The zero-order valence-electron chi connectivity index (χ0n) is 9.04. The zero-order valence-corrected chi connectivity index (χ0v) is 11.4. The van der Waals surface area contributed by atoms with Gasteiger partial charge in [-0.15, -0.1) is 0 Å². The van der Waals surface area contributed by atoms with Gasteiger partial charge in [-0.1, -0.05) is 6.07 Å². The summed E-state index contributed by atoms with van der Waals surface area (Å²) in [6.45, 7) is 0.000615. The minimum absolute atomic E-state index is 0.000615. The molecule has 0 spiro atoms. The van der Waals surface area contributed by atoms with Crippen LogP contribution in [0.15, 0.2) is 22.7 Å². The molecule has 1 N–H and O–H groups in total. The Morgan fingerprint density at radius 2 is 2.12 bits per heavy atom. The van der Waals surface area contributed by atoms with Gasteiger partial charge in [0.2, 0.25) is 0 Å². The van der Waals surface area contributed by atoms with E-state index in [2.05, 4.69) is 21.2 Å². The molecule has 0 saturated carbocycles. The van der Waals surface area contributed by atoms with Gasteiger partial charge in [0.1, 0.15) is 15.7 Å². The summed E-state index contributed by atoms with van der Waals surface area (Å²) in [5.74, 6) is -1.20. The first kappa shape index (κ1) is 14.1. The Labute approximate surface area is 107 Å². The van der Waals surface area contributed by atoms with Crippen LogP contribution >= 0.6 is 15.9 Å². The van der Waals surface area contributed by atoms with E-state index < -0.39 is 21.6 Å². The van der Waals surface area contributed by atoms with E-state index in [1.807, 2.05) is 0 Å². The maximum absolute atomic E-state index is 13.1. The van der Waals surface area contributed by atoms with Crippen LogP contribution in [0.3, 0.4) is 0 Å². The van der Waals surface area contributed by atoms with Crippen molar-refractivity contribution in [3.63, 3.8) is 0 Å². The molecule has 0 aromatic heterocycles. The molecule has 0 heterocycles. The van der Waals surface area contributed by atoms with Gasteiger partial charge in [-0.05, 0) is 28.1 Å². The first-order valence-electron chi connectivity index (χ1n) is 4.71. The van der Waals surface area contributed by atoms with Crippen LogP contribution in [0.4, 0.5) is 4.39 Å². The van der Waals surface area contributed by atoms with Gasteiger partial charge in [-0.3, -0.25) is 4.79 Å². The predicted molar refractivity (Wildman–Crippen MR) is 66.1 cm³/mol. The molecule has 1 aromatic rings. The van der Waals surface area contributed by atoms with Crippen molar-refractivity contribution in [2.24, 2.45) is 0 Å². The molecule has 7 heteroatoms. The smallest absolute Gasteiger partial charge is 0.252 e. The van der Waals surface area contributed by atoms with Gasteiger partial charge in [0, 0.05) is 12.8 Å². The highest BCUT2D eigenvalue weighted by Crippen LogP contribution is 2.19. The molecule has 0 bridgehead atoms. The van der Waals surface area contributed by atoms with Gasteiger partial charge < -0.3 is 5.32 Å². The van der Waals surface area contributed by atoms with E-state index in [1.54, 1.807) is 0 Å². The van der Waals surface area contributed by atoms with E-state index in [0.717, 1.165) is 6.26 Å². The molecule has 1 amide bonds. The van der Waals surface area contributed by atoms with Gasteiger partial charge in [0.05, 0.1) is 15.8 Å². The third-order valence-corrected chi connectivity index (χ3v) is 3.71. The largest absolute Gasteiger partial charge is 0.351 e. The number of carbonyl (C=O) groups excluding carboxylic acids is 1. The van der Waals surface area contributed by atoms with Crippen LogP contribution in [0, 0.1) is 5.82 Å². The van der Waals surface area contributed by atoms with Crippen LogP contribution in [0.1, 0.15) is 10.4 Å². The van der Waals surface area contributed by atoms with Crippen molar-refractivity contribution >= 4 is 31.7 Å². The van der Waals surface area contributed by atoms with Gasteiger partial charge in [0.25, 0.3) is 5.91 Å². The number of carbonyl (C=O) groups is 1. The third-order valence-electron chi connectivity index (χ3n) is 1.95. The van der Waals surface area contributed by atoms with E-state index >= 15 is 0 Å². The van der Waals surface area contributed by atoms with E-state index in [4.69, 9.17) is 0 Å². The predicted octanol–water partition coefficient (Wildman–Crippen LogP) is 1.36. The maximum atomic E-state index is 13.1. The summed E-state index contributed by atoms with van der Waals surface area (Å²) in [5, 5.41) is 2.41. The lowest BCUT2D eigenvalue weighted by Gasteiger charge is -2.06. The van der Waals surface area contributed by atoms with Crippen molar-refractivity contribution in [3.8, 4) is 0 Å². The lowest BCUT2D eigenvalue weighted by atomic mass is 10.2. The molecule has 94 valence electrons. The Balaban J connectivity index is 2.68. The number of halogens is 2. The molecular weight excluding hydrogens is 313 g/mol. The molecule has 0 aliphatic carbocycles. The summed E-state index contributed by atoms with van der Waals surface area (Å²) in [6.07, 6.45) is 1.08. The fraction of sp³-hybridized carbons (Fsp3) is 0.300. The minimum atomic E-state index is -3.12. The standard InChI is InChI=1S/C10H11BrFNO3S/c1-17(15,16)6-5-13-10(14)7-3-2-4-8(12)9(7)11/h2-4H,5-6H2,1H3,(H,13,14). The molecule has 0 unspecified atom stereocenters. The van der Waals surface area contributed by atoms with E-state index in [9.17, 15) is 17.6 Å². The first-order valence-corrected chi connectivity index (χ1v) is 7.56. The van der Waals surface area contributed by atoms with Crippen molar-refractivity contribution in [2.45, 2.75) is 0 Å². The Morgan fingerprint density at radius 3 is 2.71 bits per heavy atom. The Bertz CT molecular complexity index is 530. The summed E-state index contributed by atoms with van der Waals surface area (Å²) in [5.41, 5.74) is 0.138. The number of hydrogen-bond acceptors (Lipinski definition) is 3. The summed E-state index contributed by atoms with van der Waals surface area (Å²) < 4.78 is 34.9. The van der Waals surface area contributed by atoms with Crippen LogP contribution < -0.4 is 5.32 Å². The fourth-order valence-corrected chi connectivity index (χ4v) is 2.04. The highest BCUT2D eigenvalue weighted by molar-refractivity contribution is 9.10. The fourth-order valence-electron chi connectivity index (χ4n) is 1.12. The Morgan fingerprint density at radius 1 is 1.47 bits per heavy atom. The average molecular weight is 324 g/mol. The summed E-state index contributed by atoms with van der Waals surface area (Å²) in [6, 6.07) is 4.08. The quantitative estimate of drug-likeness (QED) is 0.910. The molecule has 4 nitrogen and oxygen atoms in total. The molecule has 0 radical (unpaired) electrons. The molecule has 0 aliphatic heterocycles. The second kappa shape index (κ2) is 5.59. The van der Waals surface area contributed by atoms with Crippen LogP contribution in [0.5, 0.6) is 0 Å². The van der Waals surface area contributed by atoms with Crippen LogP contribution in [-0.2, 0) is 9.84 Å². The van der Waals surface area contributed by atoms with Crippen molar-refractivity contribution in [3.05, 3.63) is 34.1 Å². The van der Waals surface area contributed by atoms with E-state index in [0.29, 0.717) is 0 Å². The first-order chi connectivity index (χ1) is 7.81. The number of rotatable bonds is 4. The molecule has 1 rings (SSSR count). The SMILES string of the molecule is CS(=O)(=O)CCNC(=O)c1cccc(F)c1Br. The summed E-state index contributed by atoms with van der Waals surface area (Å²) in [4.78, 5) is 11.6. The number of nitrogens with one attached hydrogen (secondary N) is 1. The molecular formula is C10H11BrFNO3S. The van der Waals surface area contributed by atoms with Gasteiger partial charge in [0.15, 0.2) is 0 Å². The van der Waals surface area contributed by atoms with Crippen LogP contribution in [0.25, 0.3) is 0 Å². The van der Waals surface area contributed by atoms with Crippen molar-refractivity contribution in [1.29, 1.82) is 0 Å². The van der Waals surface area contributed by atoms with Crippen molar-refractivity contribution in [1.82, 2.24) is 5.32 Å². The highest BCUT2D eigenvalue weighted by atomic mass is 79.9. The summed E-state index contributed by atoms with van der Waals surface area (Å²) >= 11 is 2.96. The van der Waals surface area contributed by atoms with Crippen molar-refractivity contribution < 1.29 is 17.6 Å². The third kappa shape index (κ3) is 4.43. The molecule has 1 aromatic carbocycles. The molecule has 0 atom stereocenters. The maximum Gasteiger partial charge on any atom is 0.252 e. The average Bonchev–Trinajstić information content (AvgIpc) is 2.20. The zero-order chi connectivity index (χ0) is 13.1. The Kier molecular flexibility index (Phi) is 4.64. The normalized spacial score (nSPS) is 11.2. The lowest BCUT2D eigenvalue weighted by molar-refractivity contribution is 0.0955. The second-order valence-corrected chi connectivity index (χ2v) is 6.54. The minimum Gasteiger partial charge on any atom is -0.351 e. The molecule has 0 saturated heterocycles. The lowest BCUT2D eigenvalue weighted by Crippen LogP contribution is -2.29. The molecule has 0 fully saturated rings. The van der Waals surface area contributed by atoms with E-state index in [-0.39, 0.29) is 22.3 Å². The number of amides is 1. The molecule has 17 heavy (non-hydrogen) atoms. The van der Waals surface area contributed by atoms with Crippen molar-refractivity contribution in [2.75, 3.05) is 18.6 Å². The van der Waals surface area contributed by atoms with Gasteiger partial charge >= 0.3 is 0 Å². The van der Waals surface area contributed by atoms with Crippen LogP contribution in [-0.4, -0.2) is 32.9 Å². The summed E-state index contributed by atoms with van der Waals surface area (Å²) in [7, 11) is -3.12. The topological polar surface area (TPSA) is 63.2 Å². The monoisotopic (exact) mass is 323 g/mol. The van der Waals surface area contributed by atoms with E-state index in [1.165, 1.54) is 18.2 Å². The van der Waals surface area contributed by atoms with Crippen LogP contribution in [0.2, 0.25) is 0 Å². The molecule has 0 aliphatic rings. The van der Waals surface area contributed by atoms with Gasteiger partial charge in [-0.2, -0.15) is 0 Å².